The Balaban J connectivity index is 2.93. The number of anilines is 1. The molecule has 2 heteroatoms. The number of hydrogen-bond acceptors (Lipinski definition) is 1. The number of para-hydroxylation sites is 1. The second-order valence-electron chi connectivity index (χ2n) is 5.43. The van der Waals surface area contributed by atoms with Gasteiger partial charge in [-0.3, -0.25) is 4.79 Å². The van der Waals surface area contributed by atoms with Crippen molar-refractivity contribution in [3.05, 3.63) is 29.8 Å². The zero-order valence-electron chi connectivity index (χ0n) is 11.5. The standard InChI is InChI=1S/C15H23NO/c1-6-15(4,5)14(17)16-13-10-8-7-9-12(13)11(2)3/h7-11H,6H2,1-5H3,(H,16,17). The molecule has 1 N–H and O–H groups in total. The number of hydrogen-bond donors (Lipinski definition) is 1. The van der Waals surface area contributed by atoms with E-state index in [0.29, 0.717) is 5.92 Å². The maximum atomic E-state index is 12.1. The smallest absolute Gasteiger partial charge is 0.230 e. The van der Waals surface area contributed by atoms with Crippen LogP contribution in [0, 0.1) is 5.41 Å². The summed E-state index contributed by atoms with van der Waals surface area (Å²) >= 11 is 0. The summed E-state index contributed by atoms with van der Waals surface area (Å²) in [5.41, 5.74) is 1.81. The lowest BCUT2D eigenvalue weighted by atomic mass is 9.89. The molecule has 94 valence electrons. The Hall–Kier alpha value is -1.31. The van der Waals surface area contributed by atoms with Crippen molar-refractivity contribution in [3.8, 4) is 0 Å². The maximum Gasteiger partial charge on any atom is 0.230 e. The molecule has 0 bridgehead atoms. The highest BCUT2D eigenvalue weighted by molar-refractivity contribution is 5.95. The highest BCUT2D eigenvalue weighted by Crippen LogP contribution is 2.27. The first-order valence-electron chi connectivity index (χ1n) is 6.29. The van der Waals surface area contributed by atoms with Gasteiger partial charge < -0.3 is 5.32 Å². The molecule has 0 spiro atoms. The van der Waals surface area contributed by atoms with Crippen LogP contribution in [-0.4, -0.2) is 5.91 Å². The van der Waals surface area contributed by atoms with Gasteiger partial charge in [-0.15, -0.1) is 0 Å². The van der Waals surface area contributed by atoms with Crippen LogP contribution in [0.1, 0.15) is 52.5 Å². The van der Waals surface area contributed by atoms with E-state index in [1.165, 1.54) is 5.56 Å². The zero-order chi connectivity index (χ0) is 13.1. The van der Waals surface area contributed by atoms with Gasteiger partial charge in [-0.2, -0.15) is 0 Å². The molecule has 0 atom stereocenters. The summed E-state index contributed by atoms with van der Waals surface area (Å²) in [6.07, 6.45) is 0.836. The fourth-order valence-corrected chi connectivity index (χ4v) is 1.57. The number of benzene rings is 1. The molecule has 0 saturated heterocycles. The third-order valence-corrected chi connectivity index (χ3v) is 3.33. The average Bonchev–Trinajstić information content (AvgIpc) is 2.29. The molecule has 0 radical (unpaired) electrons. The molecule has 0 aliphatic heterocycles. The van der Waals surface area contributed by atoms with E-state index < -0.39 is 0 Å². The van der Waals surface area contributed by atoms with Crippen molar-refractivity contribution in [3.63, 3.8) is 0 Å². The highest BCUT2D eigenvalue weighted by atomic mass is 16.2. The Morgan fingerprint density at radius 2 is 1.88 bits per heavy atom. The second kappa shape index (κ2) is 5.35. The van der Waals surface area contributed by atoms with Crippen LogP contribution in [-0.2, 0) is 4.79 Å². The minimum Gasteiger partial charge on any atom is -0.325 e. The van der Waals surface area contributed by atoms with Crippen molar-refractivity contribution < 1.29 is 4.79 Å². The zero-order valence-corrected chi connectivity index (χ0v) is 11.5. The van der Waals surface area contributed by atoms with Crippen molar-refractivity contribution in [2.75, 3.05) is 5.32 Å². The Labute approximate surface area is 104 Å². The lowest BCUT2D eigenvalue weighted by Gasteiger charge is -2.23. The average molecular weight is 233 g/mol. The third-order valence-electron chi connectivity index (χ3n) is 3.33. The van der Waals surface area contributed by atoms with E-state index in [1.54, 1.807) is 0 Å². The number of carbonyl (C=O) groups excluding carboxylic acids is 1. The Kier molecular flexibility index (Phi) is 4.33. The van der Waals surface area contributed by atoms with Gasteiger partial charge in [-0.25, -0.2) is 0 Å². The highest BCUT2D eigenvalue weighted by Gasteiger charge is 2.25. The van der Waals surface area contributed by atoms with Gasteiger partial charge in [0.25, 0.3) is 0 Å². The monoisotopic (exact) mass is 233 g/mol. The molecule has 0 heterocycles. The molecule has 0 unspecified atom stereocenters. The molecule has 17 heavy (non-hydrogen) atoms. The van der Waals surface area contributed by atoms with Gasteiger partial charge in [0.1, 0.15) is 0 Å². The Morgan fingerprint density at radius 3 is 2.41 bits per heavy atom. The van der Waals surface area contributed by atoms with Crippen molar-refractivity contribution in [2.45, 2.75) is 47.0 Å². The summed E-state index contributed by atoms with van der Waals surface area (Å²) in [5.74, 6) is 0.504. The first-order valence-corrected chi connectivity index (χ1v) is 6.29. The topological polar surface area (TPSA) is 29.1 Å². The largest absolute Gasteiger partial charge is 0.325 e. The molecule has 2 nitrogen and oxygen atoms in total. The number of nitrogens with one attached hydrogen (secondary N) is 1. The SMILES string of the molecule is CCC(C)(C)C(=O)Nc1ccccc1C(C)C. The van der Waals surface area contributed by atoms with Gasteiger partial charge in [-0.1, -0.05) is 52.8 Å². The van der Waals surface area contributed by atoms with Crippen LogP contribution >= 0.6 is 0 Å². The summed E-state index contributed by atoms with van der Waals surface area (Å²) in [6.45, 7) is 10.3. The van der Waals surface area contributed by atoms with Crippen LogP contribution < -0.4 is 5.32 Å². The quantitative estimate of drug-likeness (QED) is 0.830. The molecule has 0 aliphatic carbocycles. The van der Waals surface area contributed by atoms with Crippen LogP contribution in [0.3, 0.4) is 0 Å². The van der Waals surface area contributed by atoms with Crippen LogP contribution in [0.25, 0.3) is 0 Å². The van der Waals surface area contributed by atoms with E-state index >= 15 is 0 Å². The minimum atomic E-state index is -0.315. The molecule has 0 aromatic heterocycles. The summed E-state index contributed by atoms with van der Waals surface area (Å²) < 4.78 is 0. The van der Waals surface area contributed by atoms with Crippen LogP contribution in [0.4, 0.5) is 5.69 Å². The molecule has 0 saturated carbocycles. The van der Waals surface area contributed by atoms with E-state index in [9.17, 15) is 4.79 Å². The van der Waals surface area contributed by atoms with Gasteiger partial charge in [0, 0.05) is 11.1 Å². The fourth-order valence-electron chi connectivity index (χ4n) is 1.57. The molecule has 0 fully saturated rings. The first kappa shape index (κ1) is 13.8. The molecule has 1 aromatic carbocycles. The van der Waals surface area contributed by atoms with Crippen molar-refractivity contribution in [2.24, 2.45) is 5.41 Å². The lowest BCUT2D eigenvalue weighted by Crippen LogP contribution is -2.30. The third kappa shape index (κ3) is 3.32. The van der Waals surface area contributed by atoms with Gasteiger partial charge >= 0.3 is 0 Å². The summed E-state index contributed by atoms with van der Waals surface area (Å²) in [6, 6.07) is 8.01. The summed E-state index contributed by atoms with van der Waals surface area (Å²) in [7, 11) is 0. The van der Waals surface area contributed by atoms with Gasteiger partial charge in [-0.05, 0) is 24.0 Å². The van der Waals surface area contributed by atoms with E-state index in [4.69, 9.17) is 0 Å². The fraction of sp³-hybridized carbons (Fsp3) is 0.533. The van der Waals surface area contributed by atoms with Crippen LogP contribution in [0.2, 0.25) is 0 Å². The normalized spacial score (nSPS) is 11.6. The second-order valence-corrected chi connectivity index (χ2v) is 5.43. The number of rotatable bonds is 4. The number of amides is 1. The molecular weight excluding hydrogens is 210 g/mol. The predicted octanol–water partition coefficient (Wildman–Crippen LogP) is 4.18. The lowest BCUT2D eigenvalue weighted by molar-refractivity contribution is -0.124. The molecule has 1 rings (SSSR count). The maximum absolute atomic E-state index is 12.1. The van der Waals surface area contributed by atoms with Gasteiger partial charge in [0.2, 0.25) is 5.91 Å². The predicted molar refractivity (Wildman–Crippen MR) is 73.2 cm³/mol. The van der Waals surface area contributed by atoms with E-state index in [1.807, 2.05) is 39.0 Å². The number of carbonyl (C=O) groups is 1. The van der Waals surface area contributed by atoms with Crippen molar-refractivity contribution >= 4 is 11.6 Å². The van der Waals surface area contributed by atoms with Gasteiger partial charge in [0.15, 0.2) is 0 Å². The Morgan fingerprint density at radius 1 is 1.29 bits per heavy atom. The molecule has 1 aromatic rings. The molecule has 0 aliphatic rings. The van der Waals surface area contributed by atoms with Crippen LogP contribution in [0.5, 0.6) is 0 Å². The molecular formula is C15H23NO. The van der Waals surface area contributed by atoms with Crippen molar-refractivity contribution in [1.29, 1.82) is 0 Å². The van der Waals surface area contributed by atoms with Gasteiger partial charge in [0.05, 0.1) is 0 Å². The molecule has 1 amide bonds. The van der Waals surface area contributed by atoms with E-state index in [-0.39, 0.29) is 11.3 Å². The first-order chi connectivity index (χ1) is 7.88. The van der Waals surface area contributed by atoms with E-state index in [0.717, 1.165) is 12.1 Å². The van der Waals surface area contributed by atoms with Crippen molar-refractivity contribution in [1.82, 2.24) is 0 Å². The summed E-state index contributed by atoms with van der Waals surface area (Å²) in [5, 5.41) is 3.04. The van der Waals surface area contributed by atoms with Crippen LogP contribution in [0.15, 0.2) is 24.3 Å². The summed E-state index contributed by atoms with van der Waals surface area (Å²) in [4.78, 5) is 12.1. The Bertz CT molecular complexity index is 394. The minimum absolute atomic E-state index is 0.0908. The van der Waals surface area contributed by atoms with E-state index in [2.05, 4.69) is 25.2 Å².